The van der Waals surface area contributed by atoms with Gasteiger partial charge < -0.3 is 10.2 Å². The molecule has 0 spiro atoms. The maximum absolute atomic E-state index is 12.7. The van der Waals surface area contributed by atoms with Crippen LogP contribution in [0.4, 0.5) is 0 Å². The molecule has 0 fully saturated rings. The Balaban J connectivity index is 3.30. The number of carboxylic acid groups (broad SMARTS) is 1. The standard InChI is InChI=1S/C12H21N3O5S/c1-4-5-14(6-7-16)21(19,20)12-9(2)13-15(10(12)3)8-11(17)18/h16H,4-8H2,1-3H3,(H,17,18). The lowest BCUT2D eigenvalue weighted by atomic mass is 10.4. The molecule has 120 valence electrons. The van der Waals surface area contributed by atoms with Crippen molar-refractivity contribution >= 4 is 16.0 Å². The van der Waals surface area contributed by atoms with Gasteiger partial charge in [-0.05, 0) is 20.3 Å². The number of nitrogens with zero attached hydrogens (tertiary/aromatic N) is 3. The molecular formula is C12H21N3O5S. The highest BCUT2D eigenvalue weighted by atomic mass is 32.2. The van der Waals surface area contributed by atoms with Crippen molar-refractivity contribution in [2.75, 3.05) is 19.7 Å². The van der Waals surface area contributed by atoms with E-state index in [1.807, 2.05) is 6.92 Å². The first kappa shape index (κ1) is 17.6. The van der Waals surface area contributed by atoms with Crippen LogP contribution in [0.25, 0.3) is 0 Å². The van der Waals surface area contributed by atoms with Crippen LogP contribution in [0, 0.1) is 13.8 Å². The van der Waals surface area contributed by atoms with E-state index in [-0.39, 0.29) is 36.0 Å². The monoisotopic (exact) mass is 319 g/mol. The number of carboxylic acids is 1. The van der Waals surface area contributed by atoms with Crippen LogP contribution < -0.4 is 0 Å². The minimum atomic E-state index is -3.80. The Morgan fingerprint density at radius 1 is 1.33 bits per heavy atom. The largest absolute Gasteiger partial charge is 0.480 e. The molecule has 0 aliphatic rings. The first-order valence-electron chi connectivity index (χ1n) is 6.62. The molecule has 0 aliphatic heterocycles. The lowest BCUT2D eigenvalue weighted by Crippen LogP contribution is -2.34. The molecule has 0 aromatic carbocycles. The topological polar surface area (TPSA) is 113 Å². The zero-order valence-corrected chi connectivity index (χ0v) is 13.2. The maximum Gasteiger partial charge on any atom is 0.325 e. The average Bonchev–Trinajstić information content (AvgIpc) is 2.63. The minimum Gasteiger partial charge on any atom is -0.480 e. The Labute approximate surface area is 124 Å². The van der Waals surface area contributed by atoms with Gasteiger partial charge in [0.15, 0.2) is 0 Å². The van der Waals surface area contributed by atoms with E-state index in [0.717, 1.165) is 4.68 Å². The van der Waals surface area contributed by atoms with Crippen molar-refractivity contribution in [3.05, 3.63) is 11.4 Å². The molecule has 1 aromatic heterocycles. The summed E-state index contributed by atoms with van der Waals surface area (Å²) in [5.74, 6) is -1.09. The molecule has 1 rings (SSSR count). The molecule has 8 nitrogen and oxygen atoms in total. The van der Waals surface area contributed by atoms with Crippen LogP contribution in [0.5, 0.6) is 0 Å². The fourth-order valence-corrected chi connectivity index (χ4v) is 4.07. The first-order valence-corrected chi connectivity index (χ1v) is 8.06. The summed E-state index contributed by atoms with van der Waals surface area (Å²) in [5, 5.41) is 21.8. The van der Waals surface area contributed by atoms with Crippen LogP contribution in [-0.2, 0) is 21.4 Å². The normalized spacial score (nSPS) is 12.0. The van der Waals surface area contributed by atoms with Gasteiger partial charge in [0.25, 0.3) is 0 Å². The van der Waals surface area contributed by atoms with Crippen molar-refractivity contribution in [1.29, 1.82) is 0 Å². The number of hydrogen-bond acceptors (Lipinski definition) is 5. The number of aryl methyl sites for hydroxylation is 1. The van der Waals surface area contributed by atoms with Crippen molar-refractivity contribution in [3.63, 3.8) is 0 Å². The molecule has 0 unspecified atom stereocenters. The molecule has 1 aromatic rings. The summed E-state index contributed by atoms with van der Waals surface area (Å²) in [6.45, 7) is 4.51. The lowest BCUT2D eigenvalue weighted by Gasteiger charge is -2.20. The van der Waals surface area contributed by atoms with Gasteiger partial charge in [0.05, 0.1) is 18.0 Å². The molecule has 9 heteroatoms. The molecule has 21 heavy (non-hydrogen) atoms. The second-order valence-electron chi connectivity index (χ2n) is 4.68. The summed E-state index contributed by atoms with van der Waals surface area (Å²) >= 11 is 0. The number of aliphatic hydroxyl groups excluding tert-OH is 1. The molecular weight excluding hydrogens is 298 g/mol. The molecule has 2 N–H and O–H groups in total. The predicted octanol–water partition coefficient (Wildman–Crippen LogP) is -0.0225. The summed E-state index contributed by atoms with van der Waals surface area (Å²) in [5.41, 5.74) is 0.543. The van der Waals surface area contributed by atoms with Gasteiger partial charge in [0.2, 0.25) is 10.0 Å². The fourth-order valence-electron chi connectivity index (χ4n) is 2.18. The van der Waals surface area contributed by atoms with E-state index in [4.69, 9.17) is 10.2 Å². The van der Waals surface area contributed by atoms with Gasteiger partial charge in [-0.15, -0.1) is 0 Å². The van der Waals surface area contributed by atoms with E-state index in [1.54, 1.807) is 0 Å². The smallest absolute Gasteiger partial charge is 0.325 e. The third kappa shape index (κ3) is 3.80. The number of aliphatic hydroxyl groups is 1. The van der Waals surface area contributed by atoms with E-state index < -0.39 is 22.5 Å². The lowest BCUT2D eigenvalue weighted by molar-refractivity contribution is -0.137. The third-order valence-electron chi connectivity index (χ3n) is 3.02. The Bertz CT molecular complexity index is 603. The fraction of sp³-hybridized carbons (Fsp3) is 0.667. The van der Waals surface area contributed by atoms with Gasteiger partial charge >= 0.3 is 5.97 Å². The molecule has 0 radical (unpaired) electrons. The number of hydrogen-bond donors (Lipinski definition) is 2. The van der Waals surface area contributed by atoms with Crippen LogP contribution in [0.15, 0.2) is 4.90 Å². The number of aromatic nitrogens is 2. The van der Waals surface area contributed by atoms with Crippen LogP contribution in [0.1, 0.15) is 24.7 Å². The van der Waals surface area contributed by atoms with Crippen molar-refractivity contribution < 1.29 is 23.4 Å². The third-order valence-corrected chi connectivity index (χ3v) is 5.17. The van der Waals surface area contributed by atoms with Gasteiger partial charge in [-0.25, -0.2) is 8.42 Å². The van der Waals surface area contributed by atoms with E-state index in [1.165, 1.54) is 18.2 Å². The molecule has 0 saturated carbocycles. The van der Waals surface area contributed by atoms with Gasteiger partial charge in [0, 0.05) is 13.1 Å². The summed E-state index contributed by atoms with van der Waals surface area (Å²) in [6.07, 6.45) is 0.612. The highest BCUT2D eigenvalue weighted by Crippen LogP contribution is 2.23. The average molecular weight is 319 g/mol. The van der Waals surface area contributed by atoms with E-state index in [2.05, 4.69) is 5.10 Å². The number of rotatable bonds is 8. The quantitative estimate of drug-likeness (QED) is 0.696. The van der Waals surface area contributed by atoms with Gasteiger partial charge in [-0.1, -0.05) is 6.92 Å². The number of sulfonamides is 1. The van der Waals surface area contributed by atoms with Crippen LogP contribution >= 0.6 is 0 Å². The molecule has 0 aliphatic carbocycles. The summed E-state index contributed by atoms with van der Waals surface area (Å²) < 4.78 is 27.7. The minimum absolute atomic E-state index is 0.000829. The Morgan fingerprint density at radius 2 is 1.95 bits per heavy atom. The van der Waals surface area contributed by atoms with E-state index in [0.29, 0.717) is 6.42 Å². The molecule has 0 atom stereocenters. The van der Waals surface area contributed by atoms with Crippen molar-refractivity contribution in [2.45, 2.75) is 38.6 Å². The van der Waals surface area contributed by atoms with Crippen molar-refractivity contribution in [2.24, 2.45) is 0 Å². The van der Waals surface area contributed by atoms with Crippen molar-refractivity contribution in [1.82, 2.24) is 14.1 Å². The highest BCUT2D eigenvalue weighted by molar-refractivity contribution is 7.89. The molecule has 0 bridgehead atoms. The second kappa shape index (κ2) is 7.01. The van der Waals surface area contributed by atoms with Gasteiger partial charge in [-0.2, -0.15) is 9.40 Å². The highest BCUT2D eigenvalue weighted by Gasteiger charge is 2.30. The van der Waals surface area contributed by atoms with Crippen LogP contribution in [0.2, 0.25) is 0 Å². The Hall–Kier alpha value is -1.45. The Morgan fingerprint density at radius 3 is 2.43 bits per heavy atom. The number of aliphatic carboxylic acids is 1. The van der Waals surface area contributed by atoms with Crippen LogP contribution in [0.3, 0.4) is 0 Å². The van der Waals surface area contributed by atoms with E-state index in [9.17, 15) is 13.2 Å². The van der Waals surface area contributed by atoms with Gasteiger partial charge in [0.1, 0.15) is 11.4 Å². The van der Waals surface area contributed by atoms with E-state index >= 15 is 0 Å². The SMILES string of the molecule is CCCN(CCO)S(=O)(=O)c1c(C)nn(CC(=O)O)c1C. The van der Waals surface area contributed by atoms with Crippen molar-refractivity contribution in [3.8, 4) is 0 Å². The first-order chi connectivity index (χ1) is 9.75. The maximum atomic E-state index is 12.7. The van der Waals surface area contributed by atoms with Crippen LogP contribution in [-0.4, -0.2) is 58.4 Å². The zero-order chi connectivity index (χ0) is 16.2. The summed E-state index contributed by atoms with van der Waals surface area (Å²) in [6, 6.07) is 0. The molecule has 0 amide bonds. The summed E-state index contributed by atoms with van der Waals surface area (Å²) in [4.78, 5) is 10.8. The summed E-state index contributed by atoms with van der Waals surface area (Å²) in [7, 11) is -3.80. The predicted molar refractivity (Wildman–Crippen MR) is 75.5 cm³/mol. The second-order valence-corrected chi connectivity index (χ2v) is 6.55. The zero-order valence-electron chi connectivity index (χ0n) is 12.4. The molecule has 1 heterocycles. The molecule has 0 saturated heterocycles. The number of carbonyl (C=O) groups is 1. The Kier molecular flexibility index (Phi) is 5.87. The van der Waals surface area contributed by atoms with Gasteiger partial charge in [-0.3, -0.25) is 9.48 Å².